The quantitative estimate of drug-likeness (QED) is 0.775. The smallest absolute Gasteiger partial charge is 0.328 e. The molecule has 0 radical (unpaired) electrons. The van der Waals surface area contributed by atoms with Crippen LogP contribution in [0.1, 0.15) is 50.8 Å². The van der Waals surface area contributed by atoms with Gasteiger partial charge in [0.1, 0.15) is 17.4 Å². The number of carbonyl (C=O) groups is 2. The number of urea groups is 1. The lowest BCUT2D eigenvalue weighted by Crippen LogP contribution is -2.41. The number of hydrogen-bond donors (Lipinski definition) is 0. The largest absolute Gasteiger partial charge is 0.459 e. The lowest BCUT2D eigenvalue weighted by atomic mass is 9.84. The molecule has 5 heteroatoms. The first-order chi connectivity index (χ1) is 12.1. The van der Waals surface area contributed by atoms with Gasteiger partial charge in [0.25, 0.3) is 5.91 Å². The molecule has 1 aromatic heterocycles. The molecule has 3 aliphatic rings. The van der Waals surface area contributed by atoms with Crippen molar-refractivity contribution in [3.63, 3.8) is 0 Å². The van der Waals surface area contributed by atoms with Gasteiger partial charge in [0.2, 0.25) is 0 Å². The van der Waals surface area contributed by atoms with Crippen molar-refractivity contribution in [2.45, 2.75) is 57.2 Å². The molecule has 25 heavy (non-hydrogen) atoms. The lowest BCUT2D eigenvalue weighted by Gasteiger charge is -2.31. The normalized spacial score (nSPS) is 30.0. The van der Waals surface area contributed by atoms with Gasteiger partial charge in [-0.05, 0) is 44.2 Å². The number of imide groups is 1. The van der Waals surface area contributed by atoms with Crippen LogP contribution in [0.3, 0.4) is 0 Å². The maximum Gasteiger partial charge on any atom is 0.328 e. The number of furan rings is 1. The van der Waals surface area contributed by atoms with Crippen LogP contribution in [0.4, 0.5) is 4.79 Å². The van der Waals surface area contributed by atoms with Gasteiger partial charge in [-0.1, -0.05) is 31.0 Å². The molecule has 1 aliphatic carbocycles. The van der Waals surface area contributed by atoms with Crippen molar-refractivity contribution in [2.24, 2.45) is 5.92 Å². The Balaban J connectivity index is 1.46. The average molecular weight is 338 g/mol. The van der Waals surface area contributed by atoms with Gasteiger partial charge in [0.05, 0.1) is 6.04 Å². The summed E-state index contributed by atoms with van der Waals surface area (Å²) in [6.45, 7) is 1.88. The second kappa shape index (κ2) is 5.35. The lowest BCUT2D eigenvalue weighted by molar-refractivity contribution is -0.129. The molecule has 2 aliphatic heterocycles. The molecule has 0 bridgehead atoms. The van der Waals surface area contributed by atoms with Crippen molar-refractivity contribution in [1.82, 2.24) is 9.80 Å². The molecule has 1 aromatic carbocycles. The molecule has 5 nitrogen and oxygen atoms in total. The summed E-state index contributed by atoms with van der Waals surface area (Å²) in [6.07, 6.45) is 5.40. The van der Waals surface area contributed by atoms with Crippen LogP contribution in [-0.4, -0.2) is 33.8 Å². The summed E-state index contributed by atoms with van der Waals surface area (Å²) in [5.74, 6) is 1.13. The first-order valence-corrected chi connectivity index (χ1v) is 9.29. The Bertz CT molecular complexity index is 824. The van der Waals surface area contributed by atoms with Crippen molar-refractivity contribution in [1.29, 1.82) is 0 Å². The third-order valence-electron chi connectivity index (χ3n) is 6.28. The average Bonchev–Trinajstić information content (AvgIpc) is 3.28. The Morgan fingerprint density at radius 1 is 1.16 bits per heavy atom. The first-order valence-electron chi connectivity index (χ1n) is 9.29. The summed E-state index contributed by atoms with van der Waals surface area (Å²) in [4.78, 5) is 29.4. The van der Waals surface area contributed by atoms with Crippen molar-refractivity contribution in [3.8, 4) is 0 Å². The summed E-state index contributed by atoms with van der Waals surface area (Å²) in [6, 6.07) is 9.20. The first kappa shape index (κ1) is 15.0. The van der Waals surface area contributed by atoms with Gasteiger partial charge in [0, 0.05) is 11.4 Å². The van der Waals surface area contributed by atoms with Crippen molar-refractivity contribution in [2.75, 3.05) is 0 Å². The van der Waals surface area contributed by atoms with E-state index in [9.17, 15) is 9.59 Å². The zero-order valence-electron chi connectivity index (χ0n) is 14.4. The Morgan fingerprint density at radius 3 is 2.80 bits per heavy atom. The topological polar surface area (TPSA) is 53.8 Å². The zero-order chi connectivity index (χ0) is 17.1. The molecule has 3 heterocycles. The van der Waals surface area contributed by atoms with E-state index in [0.29, 0.717) is 11.7 Å². The molecule has 3 unspecified atom stereocenters. The summed E-state index contributed by atoms with van der Waals surface area (Å²) in [7, 11) is 0. The van der Waals surface area contributed by atoms with E-state index in [1.807, 2.05) is 42.2 Å². The molecule has 0 N–H and O–H groups in total. The number of carbonyl (C=O) groups excluding carboxylic acids is 2. The van der Waals surface area contributed by atoms with Crippen LogP contribution in [0.5, 0.6) is 0 Å². The number of nitrogens with zero attached hydrogens (tertiary/aromatic N) is 2. The molecule has 5 rings (SSSR count). The van der Waals surface area contributed by atoms with Gasteiger partial charge >= 0.3 is 6.03 Å². The molecule has 1 saturated carbocycles. The number of amides is 3. The fraction of sp³-hybridized carbons (Fsp3) is 0.500. The van der Waals surface area contributed by atoms with E-state index >= 15 is 0 Å². The summed E-state index contributed by atoms with van der Waals surface area (Å²) in [5, 5.41) is 0.997. The summed E-state index contributed by atoms with van der Waals surface area (Å²) in [5.41, 5.74) is 0.788. The van der Waals surface area contributed by atoms with Gasteiger partial charge in [0.15, 0.2) is 0 Å². The van der Waals surface area contributed by atoms with Crippen molar-refractivity contribution < 1.29 is 14.0 Å². The van der Waals surface area contributed by atoms with Crippen LogP contribution in [0.2, 0.25) is 0 Å². The minimum atomic E-state index is -0.375. The SMILES string of the molecule is C[C@H](c1cc2ccccc2o1)N1C(=O)C2CC3CCCCC3N2C1=O. The van der Waals surface area contributed by atoms with Gasteiger partial charge in [-0.2, -0.15) is 0 Å². The standard InChI is InChI=1S/C20H22N2O3/c1-12(18-11-14-7-3-5-9-17(14)25-18)21-19(23)16-10-13-6-2-4-8-15(13)22(16)20(21)24/h3,5,7,9,11-13,15-16H,2,4,6,8,10H2,1H3/t12-,13?,15?,16?/m1/s1. The predicted octanol–water partition coefficient (Wildman–Crippen LogP) is 4.09. The highest BCUT2D eigenvalue weighted by molar-refractivity contribution is 6.05. The Hall–Kier alpha value is -2.30. The predicted molar refractivity (Wildman–Crippen MR) is 92.9 cm³/mol. The van der Waals surface area contributed by atoms with Crippen molar-refractivity contribution in [3.05, 3.63) is 36.1 Å². The van der Waals surface area contributed by atoms with Gasteiger partial charge in [-0.25, -0.2) is 4.79 Å². The molecular weight excluding hydrogens is 316 g/mol. The molecule has 4 atom stereocenters. The van der Waals surface area contributed by atoms with Gasteiger partial charge in [-0.15, -0.1) is 0 Å². The molecular formula is C20H22N2O3. The van der Waals surface area contributed by atoms with E-state index in [2.05, 4.69) is 0 Å². The van der Waals surface area contributed by atoms with Crippen LogP contribution in [0.25, 0.3) is 11.0 Å². The summed E-state index contributed by atoms with van der Waals surface area (Å²) < 4.78 is 5.90. The highest BCUT2D eigenvalue weighted by Crippen LogP contribution is 2.45. The molecule has 3 amide bonds. The third kappa shape index (κ3) is 2.08. The van der Waals surface area contributed by atoms with Crippen LogP contribution < -0.4 is 0 Å². The number of hydrogen-bond acceptors (Lipinski definition) is 3. The highest BCUT2D eigenvalue weighted by atomic mass is 16.3. The van der Waals surface area contributed by atoms with Crippen molar-refractivity contribution >= 4 is 22.9 Å². The maximum absolute atomic E-state index is 13.1. The maximum atomic E-state index is 13.1. The Labute approximate surface area is 146 Å². The van der Waals surface area contributed by atoms with Gasteiger partial charge < -0.3 is 9.32 Å². The van der Waals surface area contributed by atoms with E-state index in [-0.39, 0.29) is 30.1 Å². The van der Waals surface area contributed by atoms with E-state index in [1.165, 1.54) is 11.3 Å². The van der Waals surface area contributed by atoms with E-state index in [0.717, 1.165) is 36.7 Å². The minimum absolute atomic E-state index is 0.0487. The third-order valence-corrected chi connectivity index (χ3v) is 6.28. The zero-order valence-corrected chi connectivity index (χ0v) is 14.4. The van der Waals surface area contributed by atoms with Crippen LogP contribution in [-0.2, 0) is 4.79 Å². The second-order valence-electron chi connectivity index (χ2n) is 7.62. The molecule has 130 valence electrons. The molecule has 2 aromatic rings. The van der Waals surface area contributed by atoms with E-state index in [1.54, 1.807) is 0 Å². The summed E-state index contributed by atoms with van der Waals surface area (Å²) >= 11 is 0. The Kier molecular flexibility index (Phi) is 3.21. The Morgan fingerprint density at radius 2 is 1.96 bits per heavy atom. The fourth-order valence-corrected chi connectivity index (χ4v) is 5.03. The van der Waals surface area contributed by atoms with Crippen LogP contribution >= 0.6 is 0 Å². The number of fused-ring (bicyclic) bond motifs is 4. The van der Waals surface area contributed by atoms with Gasteiger partial charge in [-0.3, -0.25) is 9.69 Å². The van der Waals surface area contributed by atoms with Crippen LogP contribution in [0.15, 0.2) is 34.7 Å². The molecule has 3 fully saturated rings. The highest BCUT2D eigenvalue weighted by Gasteiger charge is 2.56. The number of para-hydroxylation sites is 1. The molecule has 0 spiro atoms. The molecule has 2 saturated heterocycles. The fourth-order valence-electron chi connectivity index (χ4n) is 5.03. The monoisotopic (exact) mass is 338 g/mol. The second-order valence-corrected chi connectivity index (χ2v) is 7.62. The number of rotatable bonds is 2. The van der Waals surface area contributed by atoms with E-state index < -0.39 is 0 Å². The van der Waals surface area contributed by atoms with E-state index in [4.69, 9.17) is 4.42 Å². The number of benzene rings is 1. The van der Waals surface area contributed by atoms with Crippen LogP contribution in [0, 0.1) is 5.92 Å². The minimum Gasteiger partial charge on any atom is -0.459 e.